The molecule has 164 valence electrons. The van der Waals surface area contributed by atoms with Crippen molar-refractivity contribution < 1.29 is 19.0 Å². The summed E-state index contributed by atoms with van der Waals surface area (Å²) in [6.45, 7) is 11.7. The molecule has 7 heteroatoms. The van der Waals surface area contributed by atoms with Crippen molar-refractivity contribution in [2.24, 2.45) is 5.92 Å². The number of ether oxygens (including phenoxy) is 2. The third kappa shape index (κ3) is 5.64. The van der Waals surface area contributed by atoms with Crippen molar-refractivity contribution in [1.29, 1.82) is 2.77 Å². The van der Waals surface area contributed by atoms with Crippen LogP contribution < -0.4 is 15.1 Å². The van der Waals surface area contributed by atoms with Gasteiger partial charge in [-0.2, -0.15) is 0 Å². The average molecular weight is 435 g/mol. The van der Waals surface area contributed by atoms with Gasteiger partial charge in [0.15, 0.2) is 6.52 Å². The molecule has 5 nitrogen and oxygen atoms in total. The van der Waals surface area contributed by atoms with E-state index in [-0.39, 0.29) is 30.8 Å². The highest BCUT2D eigenvalue weighted by Gasteiger charge is 2.29. The summed E-state index contributed by atoms with van der Waals surface area (Å²) >= 11 is 3.63. The van der Waals surface area contributed by atoms with Gasteiger partial charge in [-0.15, -0.1) is 0 Å². The van der Waals surface area contributed by atoms with Gasteiger partial charge in [-0.3, -0.25) is 0 Å². The molecule has 0 amide bonds. The van der Waals surface area contributed by atoms with E-state index in [2.05, 4.69) is 24.5 Å². The molecule has 0 saturated carbocycles. The van der Waals surface area contributed by atoms with E-state index in [9.17, 15) is 4.79 Å². The fraction of sp³-hybridized carbons (Fsp3) is 0.522. The number of rotatable bonds is 7. The molecule has 0 unspecified atom stereocenters. The van der Waals surface area contributed by atoms with Gasteiger partial charge in [0.1, 0.15) is 28.8 Å². The number of fused-ring (bicyclic) bond motifs is 3. The van der Waals surface area contributed by atoms with Gasteiger partial charge >= 0.3 is 5.63 Å². The molecular weight excluding hydrogens is 399 g/mol. The molecule has 0 aliphatic carbocycles. The Morgan fingerprint density at radius 2 is 2.13 bits per heavy atom. The minimum absolute atomic E-state index is 0.0206. The van der Waals surface area contributed by atoms with Crippen LogP contribution in [0.3, 0.4) is 0 Å². The standard InChI is InChI=1S/C22H28O5.CH5BS/c1-6-7-15-10-19(24)26-18-11-17(25-14(3)13(2)12-23)16-8-9-22(4,5)27-21(16)20(15)18;1-2-3/h8-11,13-14,23H,6-7,12H2,1-5H3;2-3H,1H3/t13-,14+;/m0./s1/i23T;2D. The molecule has 0 bridgehead atoms. The van der Waals surface area contributed by atoms with E-state index < -0.39 is 5.60 Å². The molecule has 1 aromatic heterocycles. The van der Waals surface area contributed by atoms with Crippen molar-refractivity contribution >= 4 is 36.0 Å². The zero-order valence-electron chi connectivity index (χ0n) is 20.7. The van der Waals surface area contributed by atoms with E-state index in [1.807, 2.05) is 39.8 Å². The fourth-order valence-corrected chi connectivity index (χ4v) is 3.23. The molecule has 1 aliphatic heterocycles. The van der Waals surface area contributed by atoms with Crippen LogP contribution in [-0.4, -0.2) is 32.7 Å². The Bertz CT molecular complexity index is 1000. The molecule has 1 N–H and O–H groups in total. The van der Waals surface area contributed by atoms with Crippen molar-refractivity contribution in [3.05, 3.63) is 39.8 Å². The van der Waals surface area contributed by atoms with Crippen LogP contribution in [0.1, 0.15) is 52.2 Å². The molecule has 30 heavy (non-hydrogen) atoms. The van der Waals surface area contributed by atoms with E-state index in [0.29, 0.717) is 17.1 Å². The lowest BCUT2D eigenvalue weighted by Crippen LogP contribution is -2.29. The Hall–Kier alpha value is -1.86. The Kier molecular flexibility index (Phi) is 7.44. The van der Waals surface area contributed by atoms with Gasteiger partial charge in [-0.05, 0) is 46.2 Å². The second kappa shape index (κ2) is 10.4. The van der Waals surface area contributed by atoms with Crippen LogP contribution in [0, 0.1) is 5.92 Å². The highest BCUT2D eigenvalue weighted by molar-refractivity contribution is 8.06. The first-order valence-electron chi connectivity index (χ1n) is 11.3. The smallest absolute Gasteiger partial charge is 0.336 e. The van der Waals surface area contributed by atoms with Gasteiger partial charge in [0.05, 0.1) is 10.9 Å². The molecule has 2 aromatic rings. The maximum absolute atomic E-state index is 12.1. The van der Waals surface area contributed by atoms with E-state index in [4.69, 9.17) is 16.7 Å². The number of thiol groups is 1. The predicted molar refractivity (Wildman–Crippen MR) is 129 cm³/mol. The van der Waals surface area contributed by atoms with E-state index in [0.717, 1.165) is 29.4 Å². The number of aliphatic hydroxyl groups excluding tert-OH is 1. The van der Waals surface area contributed by atoms with Gasteiger partial charge in [-0.1, -0.05) is 27.1 Å². The summed E-state index contributed by atoms with van der Waals surface area (Å²) in [5, 5.41) is 5.33. The van der Waals surface area contributed by atoms with Gasteiger partial charge in [0, 0.05) is 24.7 Å². The van der Waals surface area contributed by atoms with Crippen LogP contribution in [0.2, 0.25) is 6.82 Å². The Balaban J connectivity index is 0.000000837. The molecule has 3 rings (SSSR count). The monoisotopic (exact) mass is 435 g/mol. The maximum atomic E-state index is 12.1. The van der Waals surface area contributed by atoms with Crippen LogP contribution in [0.25, 0.3) is 17.0 Å². The summed E-state index contributed by atoms with van der Waals surface area (Å²) < 4.78 is 31.4. The predicted octanol–water partition coefficient (Wildman–Crippen LogP) is 4.64. The molecule has 0 saturated heterocycles. The van der Waals surface area contributed by atoms with E-state index in [1.165, 1.54) is 0 Å². The fourth-order valence-electron chi connectivity index (χ4n) is 3.23. The van der Waals surface area contributed by atoms with Crippen molar-refractivity contribution in [3.63, 3.8) is 0 Å². The second-order valence-corrected chi connectivity index (χ2v) is 8.61. The summed E-state index contributed by atoms with van der Waals surface area (Å²) in [6.07, 6.45) is 5.48. The molecule has 1 aliphatic rings. The Morgan fingerprint density at radius 3 is 2.77 bits per heavy atom. The average Bonchev–Trinajstić information content (AvgIpc) is 2.66. The highest BCUT2D eigenvalue weighted by Crippen LogP contribution is 2.44. The van der Waals surface area contributed by atoms with Gasteiger partial charge in [0.25, 0.3) is 0 Å². The van der Waals surface area contributed by atoms with Crippen LogP contribution >= 0.6 is 12.5 Å². The van der Waals surface area contributed by atoms with Crippen molar-refractivity contribution in [2.75, 3.05) is 6.61 Å². The van der Waals surface area contributed by atoms with Gasteiger partial charge in [0.2, 0.25) is 1.43 Å². The summed E-state index contributed by atoms with van der Waals surface area (Å²) in [6, 6.07) is 3.32. The number of aryl methyl sites for hydroxylation is 1. The van der Waals surface area contributed by atoms with E-state index in [1.54, 1.807) is 19.0 Å². The molecular formula is C23H33BO5S. The third-order valence-electron chi connectivity index (χ3n) is 4.98. The molecule has 0 fully saturated rings. The molecule has 0 radical (unpaired) electrons. The second-order valence-electron chi connectivity index (χ2n) is 8.10. The zero-order valence-corrected chi connectivity index (χ0v) is 19.5. The first-order chi connectivity index (χ1) is 15.0. The number of hydrogen-bond acceptors (Lipinski definition) is 6. The van der Waals surface area contributed by atoms with Crippen LogP contribution in [-0.2, 0) is 6.42 Å². The van der Waals surface area contributed by atoms with Crippen molar-refractivity contribution in [3.8, 4) is 11.5 Å². The van der Waals surface area contributed by atoms with Crippen molar-refractivity contribution in [1.82, 2.24) is 0 Å². The number of hydrogen-bond donors (Lipinski definition) is 2. The zero-order chi connectivity index (χ0) is 24.1. The Labute approximate surface area is 187 Å². The topological polar surface area (TPSA) is 68.9 Å². The first-order valence-corrected chi connectivity index (χ1v) is 10.9. The van der Waals surface area contributed by atoms with Gasteiger partial charge < -0.3 is 19.0 Å². The SMILES string of the molecule is [2H]B(C)S.[3H]OC[C@H](C)[C@@H](C)Oc1cc2oc(=O)cc(CCC)c2c2c1C=CC(C)(C)O2. The lowest BCUT2D eigenvalue weighted by atomic mass is 9.96. The summed E-state index contributed by atoms with van der Waals surface area (Å²) in [5.74, 6) is 1.30. The quantitative estimate of drug-likeness (QED) is 0.377. The third-order valence-corrected chi connectivity index (χ3v) is 4.98. The van der Waals surface area contributed by atoms with Crippen LogP contribution in [0.4, 0.5) is 0 Å². The van der Waals surface area contributed by atoms with Gasteiger partial charge in [-0.25, -0.2) is 17.3 Å². The normalized spacial score (nSPS) is 16.9. The van der Waals surface area contributed by atoms with Crippen molar-refractivity contribution in [2.45, 2.75) is 66.0 Å². The lowest BCUT2D eigenvalue weighted by Gasteiger charge is -2.31. The molecule has 0 spiro atoms. The first kappa shape index (κ1) is 21.4. The van der Waals surface area contributed by atoms with Crippen LogP contribution in [0.5, 0.6) is 11.5 Å². The molecule has 2 heterocycles. The largest absolute Gasteiger partial charge is 0.489 e. The maximum Gasteiger partial charge on any atom is 0.336 e. The minimum Gasteiger partial charge on any atom is -0.489 e. The summed E-state index contributed by atoms with van der Waals surface area (Å²) in [5.41, 5.74) is 1.37. The van der Waals surface area contributed by atoms with E-state index >= 15 is 0 Å². The number of benzene rings is 1. The lowest BCUT2D eigenvalue weighted by molar-refractivity contribution is 0.108. The summed E-state index contributed by atoms with van der Waals surface area (Å²) in [4.78, 5) is 12.1. The van der Waals surface area contributed by atoms with Crippen LogP contribution in [0.15, 0.2) is 27.4 Å². The minimum atomic E-state index is -0.476. The Morgan fingerprint density at radius 1 is 1.43 bits per heavy atom. The summed E-state index contributed by atoms with van der Waals surface area (Å²) in [7, 11) is 0. The molecule has 1 aromatic carbocycles. The number of aliphatic hydroxyl groups is 1. The highest BCUT2D eigenvalue weighted by atomic mass is 32.1. The molecule has 2 atom stereocenters.